The van der Waals surface area contributed by atoms with Gasteiger partial charge in [0.15, 0.2) is 11.6 Å². The summed E-state index contributed by atoms with van der Waals surface area (Å²) < 4.78 is 26.8. The van der Waals surface area contributed by atoms with Gasteiger partial charge in [-0.15, -0.1) is 11.3 Å². The van der Waals surface area contributed by atoms with Gasteiger partial charge in [0.25, 0.3) is 0 Å². The molecule has 1 aliphatic rings. The molecule has 1 aliphatic carbocycles. The Hall–Kier alpha value is -3.89. The summed E-state index contributed by atoms with van der Waals surface area (Å²) in [5.41, 5.74) is 3.03. The normalized spacial score (nSPS) is 12.9. The van der Waals surface area contributed by atoms with Crippen LogP contribution in [0.3, 0.4) is 0 Å². The van der Waals surface area contributed by atoms with Crippen LogP contribution in [-0.2, 0) is 22.5 Å². The summed E-state index contributed by atoms with van der Waals surface area (Å²) in [5, 5.41) is 2.83. The van der Waals surface area contributed by atoms with E-state index in [1.54, 1.807) is 42.6 Å². The average Bonchev–Trinajstić information content (AvgIpc) is 3.66. The first-order valence-electron chi connectivity index (χ1n) is 13.8. The zero-order valence-electron chi connectivity index (χ0n) is 23.2. The third kappa shape index (κ3) is 7.45. The number of aromatic nitrogens is 2. The van der Waals surface area contributed by atoms with Gasteiger partial charge in [0.05, 0.1) is 27.4 Å². The maximum absolute atomic E-state index is 14.9. The lowest BCUT2D eigenvalue weighted by Gasteiger charge is -2.22. The van der Waals surface area contributed by atoms with Crippen molar-refractivity contribution in [3.05, 3.63) is 71.8 Å². The van der Waals surface area contributed by atoms with Crippen molar-refractivity contribution in [3.8, 4) is 22.1 Å². The number of pyridine rings is 2. The number of ketones is 1. The van der Waals surface area contributed by atoms with Crippen molar-refractivity contribution in [2.75, 3.05) is 26.8 Å². The van der Waals surface area contributed by atoms with Gasteiger partial charge in [-0.05, 0) is 61.1 Å². The number of urea groups is 1. The lowest BCUT2D eigenvalue weighted by atomic mass is 10.0. The molecule has 4 aromatic rings. The van der Waals surface area contributed by atoms with Gasteiger partial charge in [-0.3, -0.25) is 14.8 Å². The Morgan fingerprint density at radius 2 is 1.93 bits per heavy atom. The molecule has 41 heavy (non-hydrogen) atoms. The quantitative estimate of drug-likeness (QED) is 0.199. The van der Waals surface area contributed by atoms with Crippen LogP contribution in [0.15, 0.2) is 54.9 Å². The highest BCUT2D eigenvalue weighted by atomic mass is 32.1. The molecule has 3 aromatic heterocycles. The number of hydrogen-bond donors (Lipinski definition) is 1. The standard InChI is InChI=1S/C31H33FN4O4S/c1-3-33-31(38)36(12-13-39-2)19-22-6-8-25(35-18-22)29-17-26-30(41-29)28(10-11-34-26)40-27-9-7-21(16-24(27)32)15-23(37)14-20-4-5-20/h6-11,16-18,20H,3-5,12-15,19H2,1-2H3,(H,33,38). The second-order valence-electron chi connectivity index (χ2n) is 10.2. The van der Waals surface area contributed by atoms with Crippen molar-refractivity contribution >= 4 is 33.4 Å². The first-order chi connectivity index (χ1) is 19.9. The van der Waals surface area contributed by atoms with Crippen LogP contribution in [0, 0.1) is 11.7 Å². The van der Waals surface area contributed by atoms with Crippen molar-refractivity contribution in [2.45, 2.75) is 39.2 Å². The third-order valence-corrected chi connectivity index (χ3v) is 8.00. The minimum Gasteiger partial charge on any atom is -0.453 e. The molecule has 2 amide bonds. The Morgan fingerprint density at radius 3 is 2.63 bits per heavy atom. The first-order valence-corrected chi connectivity index (χ1v) is 14.6. The number of nitrogens with one attached hydrogen (secondary N) is 1. The van der Waals surface area contributed by atoms with Gasteiger partial charge in [0, 0.05) is 58.0 Å². The van der Waals surface area contributed by atoms with E-state index in [0.717, 1.165) is 39.2 Å². The number of carbonyl (C=O) groups is 2. The minimum atomic E-state index is -0.507. The highest BCUT2D eigenvalue weighted by molar-refractivity contribution is 7.22. The highest BCUT2D eigenvalue weighted by Gasteiger charge is 2.24. The number of rotatable bonds is 13. The summed E-state index contributed by atoms with van der Waals surface area (Å²) in [7, 11) is 1.61. The number of amides is 2. The largest absolute Gasteiger partial charge is 0.453 e. The van der Waals surface area contributed by atoms with Crippen LogP contribution in [0.5, 0.6) is 11.5 Å². The average molecular weight is 577 g/mol. The van der Waals surface area contributed by atoms with E-state index in [9.17, 15) is 14.0 Å². The van der Waals surface area contributed by atoms with Gasteiger partial charge < -0.3 is 19.7 Å². The Labute approximate surface area is 242 Å². The number of benzene rings is 1. The van der Waals surface area contributed by atoms with E-state index < -0.39 is 5.82 Å². The summed E-state index contributed by atoms with van der Waals surface area (Å²) in [6.45, 7) is 3.75. The lowest BCUT2D eigenvalue weighted by Crippen LogP contribution is -2.41. The Bertz CT molecular complexity index is 1520. The molecule has 214 valence electrons. The maximum Gasteiger partial charge on any atom is 0.317 e. The molecule has 0 atom stereocenters. The van der Waals surface area contributed by atoms with E-state index in [1.807, 2.05) is 25.1 Å². The number of methoxy groups -OCH3 is 1. The maximum atomic E-state index is 14.9. The molecule has 1 fully saturated rings. The van der Waals surface area contributed by atoms with Crippen LogP contribution >= 0.6 is 11.3 Å². The van der Waals surface area contributed by atoms with Crippen LogP contribution < -0.4 is 10.1 Å². The molecule has 0 radical (unpaired) electrons. The number of nitrogens with zero attached hydrogens (tertiary/aromatic N) is 3. The number of ether oxygens (including phenoxy) is 2. The molecular formula is C31H33FN4O4S. The molecule has 1 saturated carbocycles. The fourth-order valence-corrected chi connectivity index (χ4v) is 5.56. The molecule has 3 heterocycles. The molecule has 0 aliphatic heterocycles. The zero-order chi connectivity index (χ0) is 28.8. The summed E-state index contributed by atoms with van der Waals surface area (Å²) in [6.07, 6.45) is 6.44. The van der Waals surface area contributed by atoms with E-state index in [4.69, 9.17) is 9.47 Å². The predicted molar refractivity (Wildman–Crippen MR) is 157 cm³/mol. The van der Waals surface area contributed by atoms with Crippen molar-refractivity contribution in [1.82, 2.24) is 20.2 Å². The van der Waals surface area contributed by atoms with Crippen LogP contribution in [0.4, 0.5) is 9.18 Å². The molecule has 1 aromatic carbocycles. The van der Waals surface area contributed by atoms with E-state index in [-0.39, 0.29) is 24.0 Å². The highest BCUT2D eigenvalue weighted by Crippen LogP contribution is 2.39. The van der Waals surface area contributed by atoms with Crippen LogP contribution in [0.2, 0.25) is 0 Å². The van der Waals surface area contributed by atoms with Crippen molar-refractivity contribution in [1.29, 1.82) is 0 Å². The van der Waals surface area contributed by atoms with Gasteiger partial charge in [-0.1, -0.05) is 12.1 Å². The third-order valence-electron chi connectivity index (χ3n) is 6.84. The monoisotopic (exact) mass is 576 g/mol. The first kappa shape index (κ1) is 28.6. The topological polar surface area (TPSA) is 93.7 Å². The van der Waals surface area contributed by atoms with Gasteiger partial charge in [0.2, 0.25) is 0 Å². The lowest BCUT2D eigenvalue weighted by molar-refractivity contribution is -0.118. The van der Waals surface area contributed by atoms with Gasteiger partial charge in [-0.25, -0.2) is 9.18 Å². The van der Waals surface area contributed by atoms with Crippen molar-refractivity contribution < 1.29 is 23.5 Å². The van der Waals surface area contributed by atoms with Gasteiger partial charge >= 0.3 is 6.03 Å². The molecule has 8 nitrogen and oxygen atoms in total. The molecule has 0 saturated heterocycles. The smallest absolute Gasteiger partial charge is 0.317 e. The second-order valence-corrected chi connectivity index (χ2v) is 11.2. The Morgan fingerprint density at radius 1 is 1.10 bits per heavy atom. The van der Waals surface area contributed by atoms with E-state index in [2.05, 4.69) is 15.3 Å². The Kier molecular flexibility index (Phi) is 9.21. The summed E-state index contributed by atoms with van der Waals surface area (Å²) in [5.74, 6) is 0.749. The molecule has 0 bridgehead atoms. The van der Waals surface area contributed by atoms with Crippen molar-refractivity contribution in [2.24, 2.45) is 5.92 Å². The zero-order valence-corrected chi connectivity index (χ0v) is 24.0. The minimum absolute atomic E-state index is 0.0958. The number of Topliss-reactive ketones (excluding diaryl/α,β-unsaturated/α-hetero) is 1. The second kappa shape index (κ2) is 13.2. The number of fused-ring (bicyclic) bond motifs is 1. The molecule has 5 rings (SSSR count). The predicted octanol–water partition coefficient (Wildman–Crippen LogP) is 6.38. The molecule has 0 spiro atoms. The Balaban J connectivity index is 1.29. The van der Waals surface area contributed by atoms with E-state index in [0.29, 0.717) is 49.9 Å². The summed E-state index contributed by atoms with van der Waals surface area (Å²) in [4.78, 5) is 36.3. The number of hydrogen-bond acceptors (Lipinski definition) is 7. The van der Waals surface area contributed by atoms with Gasteiger partial charge in [0.1, 0.15) is 11.5 Å². The molecule has 0 unspecified atom stereocenters. The molecule has 10 heteroatoms. The number of carbonyl (C=O) groups excluding carboxylic acids is 2. The SMILES string of the molecule is CCNC(=O)N(CCOC)Cc1ccc(-c2cc3nccc(Oc4ccc(CC(=O)CC5CC5)cc4F)c3s2)nc1. The molecule has 1 N–H and O–H groups in total. The van der Waals surface area contributed by atoms with Gasteiger partial charge in [-0.2, -0.15) is 0 Å². The van der Waals surface area contributed by atoms with Crippen LogP contribution in [0.25, 0.3) is 20.8 Å². The van der Waals surface area contributed by atoms with Crippen LogP contribution in [0.1, 0.15) is 37.3 Å². The number of thiophene rings is 1. The summed E-state index contributed by atoms with van der Waals surface area (Å²) in [6, 6.07) is 12.1. The van der Waals surface area contributed by atoms with E-state index >= 15 is 0 Å². The molecular weight excluding hydrogens is 543 g/mol. The summed E-state index contributed by atoms with van der Waals surface area (Å²) >= 11 is 1.46. The van der Waals surface area contributed by atoms with Crippen molar-refractivity contribution in [3.63, 3.8) is 0 Å². The fourth-order valence-electron chi connectivity index (χ4n) is 4.52. The number of halogens is 1. The van der Waals surface area contributed by atoms with E-state index in [1.165, 1.54) is 17.4 Å². The fraction of sp³-hybridized carbons (Fsp3) is 0.355. The van der Waals surface area contributed by atoms with Crippen LogP contribution in [-0.4, -0.2) is 53.5 Å².